The molecule has 0 aliphatic rings. The predicted molar refractivity (Wildman–Crippen MR) is 68.3 cm³/mol. The first-order valence-corrected chi connectivity index (χ1v) is 5.64. The second kappa shape index (κ2) is 9.49. The molecule has 1 unspecified atom stereocenters. The summed E-state index contributed by atoms with van der Waals surface area (Å²) in [7, 11) is 3.13. The van der Waals surface area contributed by atoms with Gasteiger partial charge in [0, 0.05) is 20.6 Å². The van der Waals surface area contributed by atoms with Gasteiger partial charge in [-0.3, -0.25) is 0 Å². The molecule has 0 aliphatic carbocycles. The SMILES string of the molecule is C=CCC(CB(OC)OC)CC(=C)OCC. The van der Waals surface area contributed by atoms with Crippen molar-refractivity contribution in [2.24, 2.45) is 5.92 Å². The molecule has 92 valence electrons. The fourth-order valence-electron chi connectivity index (χ4n) is 1.64. The van der Waals surface area contributed by atoms with Gasteiger partial charge in [0.05, 0.1) is 12.4 Å². The highest BCUT2D eigenvalue weighted by molar-refractivity contribution is 6.44. The summed E-state index contributed by atoms with van der Waals surface area (Å²) in [4.78, 5) is 0. The standard InChI is InChI=1S/C12H23BO3/c1-6-8-12(9-11(3)16-7-2)10-13(14-4)15-5/h6,12H,1,3,7-10H2,2,4-5H3. The summed E-state index contributed by atoms with van der Waals surface area (Å²) in [6.07, 6.45) is 4.47. The van der Waals surface area contributed by atoms with Crippen LogP contribution in [-0.4, -0.2) is 27.9 Å². The molecular weight excluding hydrogens is 203 g/mol. The number of allylic oxidation sites excluding steroid dienone is 2. The summed E-state index contributed by atoms with van der Waals surface area (Å²) in [5.74, 6) is 1.22. The molecule has 0 heterocycles. The van der Waals surface area contributed by atoms with E-state index < -0.39 is 0 Å². The first-order chi connectivity index (χ1) is 7.67. The van der Waals surface area contributed by atoms with Gasteiger partial charge in [0.2, 0.25) is 0 Å². The van der Waals surface area contributed by atoms with E-state index in [1.165, 1.54) is 0 Å². The second-order valence-electron chi connectivity index (χ2n) is 3.70. The molecule has 0 rings (SSSR count). The van der Waals surface area contributed by atoms with E-state index in [1.807, 2.05) is 13.0 Å². The molecular formula is C12H23BO3. The Kier molecular flexibility index (Phi) is 9.05. The Hall–Kier alpha value is -0.735. The van der Waals surface area contributed by atoms with Crippen LogP contribution in [0, 0.1) is 5.92 Å². The highest BCUT2D eigenvalue weighted by Gasteiger charge is 2.21. The van der Waals surface area contributed by atoms with Gasteiger partial charge < -0.3 is 14.0 Å². The smallest absolute Gasteiger partial charge is 0.456 e. The molecule has 0 aromatic rings. The lowest BCUT2D eigenvalue weighted by atomic mass is 9.74. The number of ether oxygens (including phenoxy) is 1. The first-order valence-electron chi connectivity index (χ1n) is 5.64. The molecule has 0 N–H and O–H groups in total. The highest BCUT2D eigenvalue weighted by Crippen LogP contribution is 2.22. The average molecular weight is 226 g/mol. The van der Waals surface area contributed by atoms with Gasteiger partial charge in [0.25, 0.3) is 0 Å². The molecule has 4 heteroatoms. The molecule has 0 spiro atoms. The van der Waals surface area contributed by atoms with Gasteiger partial charge in [0.1, 0.15) is 0 Å². The normalized spacial score (nSPS) is 11.9. The number of hydrogen-bond donors (Lipinski definition) is 0. The van der Waals surface area contributed by atoms with Crippen LogP contribution in [0.25, 0.3) is 0 Å². The molecule has 0 radical (unpaired) electrons. The Morgan fingerprint density at radius 2 is 2.00 bits per heavy atom. The van der Waals surface area contributed by atoms with Gasteiger partial charge in [-0.1, -0.05) is 12.7 Å². The minimum atomic E-state index is -0.167. The maximum Gasteiger partial charge on any atom is 0.456 e. The maximum atomic E-state index is 5.36. The minimum absolute atomic E-state index is 0.167. The maximum absolute atomic E-state index is 5.36. The largest absolute Gasteiger partial charge is 0.499 e. The third-order valence-corrected chi connectivity index (χ3v) is 2.42. The summed E-state index contributed by atoms with van der Waals surface area (Å²) in [6, 6.07) is 0. The summed E-state index contributed by atoms with van der Waals surface area (Å²) in [5, 5.41) is 0. The molecule has 0 aliphatic heterocycles. The van der Waals surface area contributed by atoms with Crippen LogP contribution in [-0.2, 0) is 14.0 Å². The van der Waals surface area contributed by atoms with E-state index in [0.717, 1.165) is 24.9 Å². The zero-order valence-electron chi connectivity index (χ0n) is 10.7. The third kappa shape index (κ3) is 6.69. The van der Waals surface area contributed by atoms with E-state index >= 15 is 0 Å². The van der Waals surface area contributed by atoms with Crippen molar-refractivity contribution in [2.45, 2.75) is 26.1 Å². The van der Waals surface area contributed by atoms with Crippen molar-refractivity contribution >= 4 is 7.12 Å². The van der Waals surface area contributed by atoms with Crippen LogP contribution in [0.4, 0.5) is 0 Å². The van der Waals surface area contributed by atoms with E-state index in [2.05, 4.69) is 13.2 Å². The van der Waals surface area contributed by atoms with Crippen LogP contribution in [0.3, 0.4) is 0 Å². The van der Waals surface area contributed by atoms with E-state index in [-0.39, 0.29) is 7.12 Å². The second-order valence-corrected chi connectivity index (χ2v) is 3.70. The Labute approximate surface area is 99.6 Å². The van der Waals surface area contributed by atoms with Crippen molar-refractivity contribution in [3.05, 3.63) is 25.0 Å². The van der Waals surface area contributed by atoms with E-state index in [9.17, 15) is 0 Å². The number of rotatable bonds is 10. The monoisotopic (exact) mass is 226 g/mol. The lowest BCUT2D eigenvalue weighted by molar-refractivity contribution is 0.206. The number of hydrogen-bond acceptors (Lipinski definition) is 3. The van der Waals surface area contributed by atoms with Crippen molar-refractivity contribution in [2.75, 3.05) is 20.8 Å². The average Bonchev–Trinajstić information content (AvgIpc) is 2.26. The molecule has 0 aromatic heterocycles. The minimum Gasteiger partial charge on any atom is -0.499 e. The molecule has 0 aromatic carbocycles. The van der Waals surface area contributed by atoms with Crippen molar-refractivity contribution in [1.82, 2.24) is 0 Å². The van der Waals surface area contributed by atoms with E-state index in [1.54, 1.807) is 14.2 Å². The Bertz CT molecular complexity index is 202. The molecule has 0 saturated heterocycles. The van der Waals surface area contributed by atoms with Gasteiger partial charge in [-0.2, -0.15) is 0 Å². The predicted octanol–water partition coefficient (Wildman–Crippen LogP) is 2.90. The summed E-state index contributed by atoms with van der Waals surface area (Å²) in [6.45, 7) is 10.3. The summed E-state index contributed by atoms with van der Waals surface area (Å²) >= 11 is 0. The highest BCUT2D eigenvalue weighted by atomic mass is 16.6. The lowest BCUT2D eigenvalue weighted by Gasteiger charge is -2.18. The summed E-state index contributed by atoms with van der Waals surface area (Å²) in [5.41, 5.74) is 0. The van der Waals surface area contributed by atoms with Crippen molar-refractivity contribution < 1.29 is 14.0 Å². The van der Waals surface area contributed by atoms with Gasteiger partial charge in [-0.25, -0.2) is 0 Å². The third-order valence-electron chi connectivity index (χ3n) is 2.42. The van der Waals surface area contributed by atoms with E-state index in [0.29, 0.717) is 12.5 Å². The first kappa shape index (κ1) is 15.3. The molecule has 0 saturated carbocycles. The lowest BCUT2D eigenvalue weighted by Crippen LogP contribution is -2.23. The van der Waals surface area contributed by atoms with Crippen LogP contribution in [0.5, 0.6) is 0 Å². The van der Waals surface area contributed by atoms with Gasteiger partial charge in [0.15, 0.2) is 0 Å². The molecule has 0 amide bonds. The molecule has 1 atom stereocenters. The van der Waals surface area contributed by atoms with Crippen molar-refractivity contribution in [3.63, 3.8) is 0 Å². The Balaban J connectivity index is 4.14. The summed E-state index contributed by atoms with van der Waals surface area (Å²) < 4.78 is 15.7. The molecule has 3 nitrogen and oxygen atoms in total. The van der Waals surface area contributed by atoms with Gasteiger partial charge in [-0.15, -0.1) is 6.58 Å². The fourth-order valence-corrected chi connectivity index (χ4v) is 1.64. The van der Waals surface area contributed by atoms with Crippen LogP contribution in [0.15, 0.2) is 25.0 Å². The van der Waals surface area contributed by atoms with Crippen LogP contribution >= 0.6 is 0 Å². The quantitative estimate of drug-likeness (QED) is 0.325. The van der Waals surface area contributed by atoms with Crippen LogP contribution < -0.4 is 0 Å². The van der Waals surface area contributed by atoms with E-state index in [4.69, 9.17) is 14.0 Å². The fraction of sp³-hybridized carbons (Fsp3) is 0.667. The van der Waals surface area contributed by atoms with Crippen molar-refractivity contribution in [1.29, 1.82) is 0 Å². The van der Waals surface area contributed by atoms with Crippen LogP contribution in [0.1, 0.15) is 19.8 Å². The Morgan fingerprint density at radius 1 is 1.38 bits per heavy atom. The molecule has 0 bridgehead atoms. The van der Waals surface area contributed by atoms with Crippen LogP contribution in [0.2, 0.25) is 6.32 Å². The van der Waals surface area contributed by atoms with Gasteiger partial charge >= 0.3 is 7.12 Å². The Morgan fingerprint density at radius 3 is 2.44 bits per heavy atom. The zero-order chi connectivity index (χ0) is 12.4. The van der Waals surface area contributed by atoms with Crippen molar-refractivity contribution in [3.8, 4) is 0 Å². The topological polar surface area (TPSA) is 27.7 Å². The van der Waals surface area contributed by atoms with Gasteiger partial charge in [-0.05, 0) is 25.6 Å². The zero-order valence-corrected chi connectivity index (χ0v) is 10.7. The molecule has 16 heavy (non-hydrogen) atoms. The molecule has 0 fully saturated rings.